The molecule has 2 atom stereocenters. The fourth-order valence-corrected chi connectivity index (χ4v) is 2.30. The predicted molar refractivity (Wildman–Crippen MR) is 88.1 cm³/mol. The molecule has 0 radical (unpaired) electrons. The molecule has 4 N–H and O–H groups in total. The van der Waals surface area contributed by atoms with Gasteiger partial charge >= 0.3 is 11.9 Å². The maximum Gasteiger partial charge on any atom is 0.348 e. The van der Waals surface area contributed by atoms with Crippen LogP contribution in [0, 0.1) is 0 Å². The molecule has 0 spiro atoms. The summed E-state index contributed by atoms with van der Waals surface area (Å²) >= 11 is 0. The second-order valence-corrected chi connectivity index (χ2v) is 6.18. The molecule has 7 heteroatoms. The van der Waals surface area contributed by atoms with E-state index >= 15 is 0 Å². The lowest BCUT2D eigenvalue weighted by atomic mass is 9.96. The van der Waals surface area contributed by atoms with Gasteiger partial charge in [0.1, 0.15) is 0 Å². The number of unbranched alkanes of at least 4 members (excludes halogenated alkanes) is 8. The lowest BCUT2D eigenvalue weighted by Crippen LogP contribution is -2.46. The van der Waals surface area contributed by atoms with E-state index in [-0.39, 0.29) is 6.42 Å². The van der Waals surface area contributed by atoms with Crippen molar-refractivity contribution in [3.05, 3.63) is 0 Å². The lowest BCUT2D eigenvalue weighted by Gasteiger charge is -2.23. The smallest absolute Gasteiger partial charge is 0.348 e. The number of ether oxygens (including phenoxy) is 1. The maximum atomic E-state index is 11.7. The molecule has 142 valence electrons. The van der Waals surface area contributed by atoms with Crippen molar-refractivity contribution in [2.75, 3.05) is 13.2 Å². The van der Waals surface area contributed by atoms with Crippen molar-refractivity contribution in [1.29, 1.82) is 0 Å². The fourth-order valence-electron chi connectivity index (χ4n) is 2.30. The van der Waals surface area contributed by atoms with Crippen molar-refractivity contribution >= 4 is 11.9 Å². The maximum absolute atomic E-state index is 11.7. The molecular weight excluding hydrogens is 316 g/mol. The SMILES string of the molecule is CCCCCCCCCCCC(O)(CO)C(=O)OC(=O)C(O)CO. The first-order valence-corrected chi connectivity index (χ1v) is 8.79. The Morgan fingerprint density at radius 2 is 1.46 bits per heavy atom. The third-order valence-corrected chi connectivity index (χ3v) is 3.97. The van der Waals surface area contributed by atoms with Crippen LogP contribution in [0.15, 0.2) is 0 Å². The Labute approximate surface area is 143 Å². The predicted octanol–water partition coefficient (Wildman–Crippen LogP) is 1.05. The highest BCUT2D eigenvalue weighted by Gasteiger charge is 2.38. The van der Waals surface area contributed by atoms with Crippen molar-refractivity contribution in [3.63, 3.8) is 0 Å². The average Bonchev–Trinajstić information content (AvgIpc) is 2.59. The van der Waals surface area contributed by atoms with Gasteiger partial charge in [0.25, 0.3) is 0 Å². The molecule has 0 heterocycles. The molecule has 0 bridgehead atoms. The van der Waals surface area contributed by atoms with Crippen LogP contribution in [-0.4, -0.2) is 57.3 Å². The van der Waals surface area contributed by atoms with Crippen molar-refractivity contribution in [3.8, 4) is 0 Å². The number of aliphatic hydroxyl groups is 4. The summed E-state index contributed by atoms with van der Waals surface area (Å²) in [6.07, 6.45) is 7.62. The minimum Gasteiger partial charge on any atom is -0.393 e. The Balaban J connectivity index is 4.01. The second kappa shape index (κ2) is 13.3. The second-order valence-electron chi connectivity index (χ2n) is 6.18. The van der Waals surface area contributed by atoms with Crippen LogP contribution < -0.4 is 0 Å². The van der Waals surface area contributed by atoms with Crippen LogP contribution in [-0.2, 0) is 14.3 Å². The van der Waals surface area contributed by atoms with E-state index in [9.17, 15) is 19.8 Å². The zero-order valence-corrected chi connectivity index (χ0v) is 14.6. The minimum absolute atomic E-state index is 0.0271. The molecule has 0 aliphatic rings. The number of esters is 2. The Morgan fingerprint density at radius 1 is 0.958 bits per heavy atom. The summed E-state index contributed by atoms with van der Waals surface area (Å²) in [5, 5.41) is 36.9. The van der Waals surface area contributed by atoms with Gasteiger partial charge in [0.15, 0.2) is 11.7 Å². The standard InChI is InChI=1S/C17H32O7/c1-2-3-4-5-6-7-8-9-10-11-17(23,13-19)16(22)24-15(21)14(20)12-18/h14,18-20,23H,2-13H2,1H3. The van der Waals surface area contributed by atoms with Gasteiger partial charge in [-0.05, 0) is 12.8 Å². The molecule has 24 heavy (non-hydrogen) atoms. The normalized spacial score (nSPS) is 14.9. The number of carbonyl (C=O) groups excluding carboxylic acids is 2. The highest BCUT2D eigenvalue weighted by molar-refractivity contribution is 5.92. The van der Waals surface area contributed by atoms with Crippen molar-refractivity contribution in [2.24, 2.45) is 0 Å². The molecule has 0 amide bonds. The minimum atomic E-state index is -2.16. The summed E-state index contributed by atoms with van der Waals surface area (Å²) in [6, 6.07) is 0. The molecule has 2 unspecified atom stereocenters. The Hall–Kier alpha value is -1.02. The van der Waals surface area contributed by atoms with Crippen LogP contribution in [0.2, 0.25) is 0 Å². The Bertz CT molecular complexity index is 359. The lowest BCUT2D eigenvalue weighted by molar-refractivity contribution is -0.183. The van der Waals surface area contributed by atoms with E-state index in [1.165, 1.54) is 32.1 Å². The molecular formula is C17H32O7. The summed E-state index contributed by atoms with van der Waals surface area (Å²) in [6.45, 7) is 0.415. The molecule has 0 saturated heterocycles. The van der Waals surface area contributed by atoms with Gasteiger partial charge < -0.3 is 25.2 Å². The third-order valence-electron chi connectivity index (χ3n) is 3.97. The third kappa shape index (κ3) is 9.32. The topological polar surface area (TPSA) is 124 Å². The molecule has 0 fully saturated rings. The van der Waals surface area contributed by atoms with E-state index in [1.54, 1.807) is 0 Å². The van der Waals surface area contributed by atoms with Crippen molar-refractivity contribution in [1.82, 2.24) is 0 Å². The monoisotopic (exact) mass is 348 g/mol. The number of aliphatic hydroxyl groups excluding tert-OH is 3. The summed E-state index contributed by atoms with van der Waals surface area (Å²) < 4.78 is 4.29. The summed E-state index contributed by atoms with van der Waals surface area (Å²) in [5.74, 6) is -2.65. The van der Waals surface area contributed by atoms with Gasteiger partial charge in [0, 0.05) is 0 Å². The van der Waals surface area contributed by atoms with E-state index in [2.05, 4.69) is 11.7 Å². The zero-order valence-electron chi connectivity index (χ0n) is 14.6. The van der Waals surface area contributed by atoms with Crippen LogP contribution in [0.25, 0.3) is 0 Å². The van der Waals surface area contributed by atoms with E-state index in [4.69, 9.17) is 10.2 Å². The number of hydrogen-bond acceptors (Lipinski definition) is 7. The summed E-state index contributed by atoms with van der Waals surface area (Å²) in [5.41, 5.74) is -2.16. The first-order chi connectivity index (χ1) is 11.4. The largest absolute Gasteiger partial charge is 0.393 e. The number of rotatable bonds is 14. The van der Waals surface area contributed by atoms with Crippen LogP contribution in [0.3, 0.4) is 0 Å². The Morgan fingerprint density at radius 3 is 1.92 bits per heavy atom. The van der Waals surface area contributed by atoms with Crippen LogP contribution in [0.4, 0.5) is 0 Å². The van der Waals surface area contributed by atoms with Gasteiger partial charge in [-0.1, -0.05) is 58.3 Å². The van der Waals surface area contributed by atoms with Gasteiger partial charge in [-0.2, -0.15) is 0 Å². The first kappa shape index (κ1) is 23.0. The zero-order chi connectivity index (χ0) is 18.4. The molecule has 7 nitrogen and oxygen atoms in total. The highest BCUT2D eigenvalue weighted by atomic mass is 16.6. The van der Waals surface area contributed by atoms with Crippen LogP contribution in [0.5, 0.6) is 0 Å². The molecule has 0 aromatic rings. The van der Waals surface area contributed by atoms with E-state index in [0.29, 0.717) is 6.42 Å². The first-order valence-electron chi connectivity index (χ1n) is 8.79. The average molecular weight is 348 g/mol. The molecule has 0 aliphatic carbocycles. The summed E-state index contributed by atoms with van der Waals surface area (Å²) in [4.78, 5) is 23.0. The number of carbonyl (C=O) groups is 2. The highest BCUT2D eigenvalue weighted by Crippen LogP contribution is 2.18. The molecule has 0 rings (SSSR count). The van der Waals surface area contributed by atoms with Crippen LogP contribution in [0.1, 0.15) is 71.1 Å². The van der Waals surface area contributed by atoms with Gasteiger partial charge in [0.05, 0.1) is 13.2 Å². The molecule has 0 saturated carbocycles. The van der Waals surface area contributed by atoms with E-state index in [0.717, 1.165) is 19.3 Å². The molecule has 0 aromatic heterocycles. The van der Waals surface area contributed by atoms with Gasteiger partial charge in [-0.3, -0.25) is 0 Å². The van der Waals surface area contributed by atoms with E-state index in [1.807, 2.05) is 0 Å². The van der Waals surface area contributed by atoms with Gasteiger partial charge in [-0.25, -0.2) is 9.59 Å². The van der Waals surface area contributed by atoms with Gasteiger partial charge in [-0.15, -0.1) is 0 Å². The van der Waals surface area contributed by atoms with Crippen LogP contribution >= 0.6 is 0 Å². The Kier molecular flexibility index (Phi) is 12.7. The van der Waals surface area contributed by atoms with Gasteiger partial charge in [0.2, 0.25) is 0 Å². The van der Waals surface area contributed by atoms with E-state index < -0.39 is 36.9 Å². The molecule has 0 aromatic carbocycles. The summed E-state index contributed by atoms with van der Waals surface area (Å²) in [7, 11) is 0. The number of hydrogen-bond donors (Lipinski definition) is 4. The molecule has 0 aliphatic heterocycles. The van der Waals surface area contributed by atoms with Crippen molar-refractivity contribution in [2.45, 2.75) is 82.8 Å². The quantitative estimate of drug-likeness (QED) is 0.210. The fraction of sp³-hybridized carbons (Fsp3) is 0.882. The van der Waals surface area contributed by atoms with Crippen molar-refractivity contribution < 1.29 is 34.8 Å².